The minimum Gasteiger partial charge on any atom is -0.435 e. The molecule has 0 aliphatic carbocycles. The maximum atomic E-state index is 12.0. The minimum absolute atomic E-state index is 0.0870. The van der Waals surface area contributed by atoms with Crippen molar-refractivity contribution in [1.29, 1.82) is 0 Å². The highest BCUT2D eigenvalue weighted by Crippen LogP contribution is 2.18. The Kier molecular flexibility index (Phi) is 6.09. The predicted octanol–water partition coefficient (Wildman–Crippen LogP) is 1.66. The molecule has 1 saturated heterocycles. The van der Waals surface area contributed by atoms with E-state index in [4.69, 9.17) is 10.5 Å². The summed E-state index contributed by atoms with van der Waals surface area (Å²) in [7, 11) is 0. The van der Waals surface area contributed by atoms with Crippen LogP contribution in [0.1, 0.15) is 18.4 Å². The summed E-state index contributed by atoms with van der Waals surface area (Å²) in [6, 6.07) is 5.57. The van der Waals surface area contributed by atoms with Crippen LogP contribution in [0.4, 0.5) is 8.78 Å². The maximum Gasteiger partial charge on any atom is 0.387 e. The third-order valence-electron chi connectivity index (χ3n) is 3.69. The number of rotatable bonds is 6. The van der Waals surface area contributed by atoms with Gasteiger partial charge in [0.25, 0.3) is 0 Å². The Balaban J connectivity index is 1.80. The van der Waals surface area contributed by atoms with Gasteiger partial charge in [-0.3, -0.25) is 4.79 Å². The van der Waals surface area contributed by atoms with Crippen LogP contribution in [0.3, 0.4) is 0 Å². The fourth-order valence-electron chi connectivity index (χ4n) is 2.38. The zero-order valence-corrected chi connectivity index (χ0v) is 12.1. The smallest absolute Gasteiger partial charge is 0.387 e. The Labute approximate surface area is 127 Å². The molecule has 0 aromatic heterocycles. The van der Waals surface area contributed by atoms with Gasteiger partial charge in [-0.25, -0.2) is 0 Å². The van der Waals surface area contributed by atoms with E-state index in [-0.39, 0.29) is 17.6 Å². The summed E-state index contributed by atoms with van der Waals surface area (Å²) >= 11 is 0. The number of halogens is 2. The molecule has 0 spiro atoms. The number of nitrogens with two attached hydrogens (primary N) is 1. The summed E-state index contributed by atoms with van der Waals surface area (Å²) in [4.78, 5) is 12.0. The van der Waals surface area contributed by atoms with E-state index in [2.05, 4.69) is 10.1 Å². The SMILES string of the molecule is NC(C(=O)NCc1ccc(OC(F)F)cc1)C1CCOCC1. The zero-order valence-electron chi connectivity index (χ0n) is 12.1. The number of nitrogens with one attached hydrogen (secondary N) is 1. The Bertz CT molecular complexity index is 476. The van der Waals surface area contributed by atoms with E-state index in [9.17, 15) is 13.6 Å². The topological polar surface area (TPSA) is 73.6 Å². The van der Waals surface area contributed by atoms with Crippen molar-refractivity contribution >= 4 is 5.91 Å². The van der Waals surface area contributed by atoms with Crippen molar-refractivity contribution in [2.45, 2.75) is 32.0 Å². The van der Waals surface area contributed by atoms with Crippen LogP contribution in [-0.4, -0.2) is 31.8 Å². The minimum atomic E-state index is -2.84. The number of carbonyl (C=O) groups excluding carboxylic acids is 1. The number of amides is 1. The summed E-state index contributed by atoms with van der Waals surface area (Å²) in [5.41, 5.74) is 6.75. The van der Waals surface area contributed by atoms with E-state index in [1.807, 2.05) is 0 Å². The van der Waals surface area contributed by atoms with Gasteiger partial charge in [0.15, 0.2) is 0 Å². The van der Waals surface area contributed by atoms with Gasteiger partial charge >= 0.3 is 6.61 Å². The van der Waals surface area contributed by atoms with E-state index < -0.39 is 12.7 Å². The van der Waals surface area contributed by atoms with Gasteiger partial charge in [-0.15, -0.1) is 0 Å². The Hall–Kier alpha value is -1.73. The van der Waals surface area contributed by atoms with Crippen LogP contribution in [0, 0.1) is 5.92 Å². The van der Waals surface area contributed by atoms with Crippen molar-refractivity contribution in [3.8, 4) is 5.75 Å². The molecule has 122 valence electrons. The Morgan fingerprint density at radius 1 is 1.32 bits per heavy atom. The molecule has 1 atom stereocenters. The number of carbonyl (C=O) groups is 1. The standard InChI is InChI=1S/C15H20F2N2O3/c16-15(17)22-12-3-1-10(2-4-12)9-19-14(20)13(18)11-5-7-21-8-6-11/h1-4,11,13,15H,5-9,18H2,(H,19,20). The molecule has 3 N–H and O–H groups in total. The summed E-state index contributed by atoms with van der Waals surface area (Å²) in [5, 5.41) is 2.76. The van der Waals surface area contributed by atoms with Gasteiger partial charge in [0.2, 0.25) is 5.91 Å². The monoisotopic (exact) mass is 314 g/mol. The average Bonchev–Trinajstić information content (AvgIpc) is 2.53. The molecule has 1 aromatic rings. The van der Waals surface area contributed by atoms with Crippen molar-refractivity contribution in [2.24, 2.45) is 11.7 Å². The van der Waals surface area contributed by atoms with Gasteiger partial charge in [0.05, 0.1) is 6.04 Å². The lowest BCUT2D eigenvalue weighted by Crippen LogP contribution is -2.46. The lowest BCUT2D eigenvalue weighted by molar-refractivity contribution is -0.124. The molecule has 1 fully saturated rings. The van der Waals surface area contributed by atoms with E-state index in [1.54, 1.807) is 12.1 Å². The zero-order chi connectivity index (χ0) is 15.9. The van der Waals surface area contributed by atoms with E-state index in [0.717, 1.165) is 18.4 Å². The molecule has 0 radical (unpaired) electrons. The van der Waals surface area contributed by atoms with Gasteiger partial charge in [-0.05, 0) is 36.5 Å². The number of benzene rings is 1. The van der Waals surface area contributed by atoms with Gasteiger partial charge in [-0.1, -0.05) is 12.1 Å². The second kappa shape index (κ2) is 8.05. The number of hydrogen-bond donors (Lipinski definition) is 2. The summed E-state index contributed by atoms with van der Waals surface area (Å²) in [6.07, 6.45) is 1.57. The Morgan fingerprint density at radius 3 is 2.55 bits per heavy atom. The van der Waals surface area contributed by atoms with Crippen LogP contribution in [0.15, 0.2) is 24.3 Å². The molecule has 2 rings (SSSR count). The van der Waals surface area contributed by atoms with Gasteiger partial charge < -0.3 is 20.5 Å². The molecule has 1 aliphatic heterocycles. The van der Waals surface area contributed by atoms with Crippen LogP contribution in [0.5, 0.6) is 5.75 Å². The van der Waals surface area contributed by atoms with Gasteiger partial charge in [0, 0.05) is 19.8 Å². The van der Waals surface area contributed by atoms with Crippen LogP contribution in [-0.2, 0) is 16.1 Å². The average molecular weight is 314 g/mol. The Morgan fingerprint density at radius 2 is 1.95 bits per heavy atom. The maximum absolute atomic E-state index is 12.0. The highest BCUT2D eigenvalue weighted by atomic mass is 19.3. The molecule has 1 amide bonds. The van der Waals surface area contributed by atoms with Crippen molar-refractivity contribution in [3.05, 3.63) is 29.8 Å². The molecule has 0 bridgehead atoms. The first-order valence-electron chi connectivity index (χ1n) is 7.21. The van der Waals surface area contributed by atoms with Crippen LogP contribution >= 0.6 is 0 Å². The van der Waals surface area contributed by atoms with E-state index in [1.165, 1.54) is 12.1 Å². The summed E-state index contributed by atoms with van der Waals surface area (Å²) in [5.74, 6) is 0.0133. The molecule has 7 heteroatoms. The summed E-state index contributed by atoms with van der Waals surface area (Å²) < 4.78 is 33.6. The van der Waals surface area contributed by atoms with Crippen molar-refractivity contribution < 1.29 is 23.0 Å². The fraction of sp³-hybridized carbons (Fsp3) is 0.533. The largest absolute Gasteiger partial charge is 0.435 e. The predicted molar refractivity (Wildman–Crippen MR) is 76.4 cm³/mol. The van der Waals surface area contributed by atoms with Crippen LogP contribution in [0.25, 0.3) is 0 Å². The lowest BCUT2D eigenvalue weighted by atomic mass is 9.92. The van der Waals surface area contributed by atoms with Gasteiger partial charge in [-0.2, -0.15) is 8.78 Å². The first-order chi connectivity index (χ1) is 10.6. The molecule has 5 nitrogen and oxygen atoms in total. The van der Waals surface area contributed by atoms with E-state index >= 15 is 0 Å². The normalized spacial score (nSPS) is 17.3. The summed E-state index contributed by atoms with van der Waals surface area (Å²) in [6.45, 7) is -1.28. The number of alkyl halides is 2. The molecule has 1 aromatic carbocycles. The first-order valence-corrected chi connectivity index (χ1v) is 7.21. The first kappa shape index (κ1) is 16.6. The fourth-order valence-corrected chi connectivity index (χ4v) is 2.38. The lowest BCUT2D eigenvalue weighted by Gasteiger charge is -2.26. The molecule has 0 saturated carbocycles. The quantitative estimate of drug-likeness (QED) is 0.837. The molecular formula is C15H20F2N2O3. The van der Waals surface area contributed by atoms with Crippen molar-refractivity contribution in [3.63, 3.8) is 0 Å². The van der Waals surface area contributed by atoms with Crippen molar-refractivity contribution in [1.82, 2.24) is 5.32 Å². The van der Waals surface area contributed by atoms with E-state index in [0.29, 0.717) is 19.8 Å². The molecule has 1 unspecified atom stereocenters. The highest BCUT2D eigenvalue weighted by molar-refractivity contribution is 5.81. The highest BCUT2D eigenvalue weighted by Gasteiger charge is 2.26. The second-order valence-electron chi connectivity index (χ2n) is 5.22. The van der Waals surface area contributed by atoms with Crippen molar-refractivity contribution in [2.75, 3.05) is 13.2 Å². The molecule has 1 aliphatic rings. The third-order valence-corrected chi connectivity index (χ3v) is 3.69. The van der Waals surface area contributed by atoms with Crippen LogP contribution in [0.2, 0.25) is 0 Å². The number of hydrogen-bond acceptors (Lipinski definition) is 4. The third kappa shape index (κ3) is 4.92. The number of ether oxygens (including phenoxy) is 2. The molecule has 1 heterocycles. The molecular weight excluding hydrogens is 294 g/mol. The van der Waals surface area contributed by atoms with Gasteiger partial charge in [0.1, 0.15) is 5.75 Å². The second-order valence-corrected chi connectivity index (χ2v) is 5.22. The molecule has 22 heavy (non-hydrogen) atoms. The van der Waals surface area contributed by atoms with Crippen LogP contribution < -0.4 is 15.8 Å².